The van der Waals surface area contributed by atoms with E-state index in [2.05, 4.69) is 14.6 Å². The number of benzene rings is 4. The molecule has 232 valence electrons. The number of nitrogens with two attached hydrogens (primary N) is 1. The molecular formula is C28H34N5O8P3+2. The van der Waals surface area contributed by atoms with Crippen LogP contribution in [0, 0.1) is 5.16 Å². The van der Waals surface area contributed by atoms with Gasteiger partial charge in [-0.05, 0) is 58.2 Å². The number of para-hydroxylation sites is 8. The largest absolute Gasteiger partial charge is 0.567 e. The number of rotatable bonds is 12. The van der Waals surface area contributed by atoms with Gasteiger partial charge in [-0.2, -0.15) is 0 Å². The lowest BCUT2D eigenvalue weighted by Gasteiger charge is -2.35. The maximum Gasteiger partial charge on any atom is 0.567 e. The van der Waals surface area contributed by atoms with Gasteiger partial charge in [-0.15, -0.1) is 0 Å². The smallest absolute Gasteiger partial charge is 0.493 e. The zero-order valence-electron chi connectivity index (χ0n) is 24.4. The lowest BCUT2D eigenvalue weighted by atomic mass is 10.3. The van der Waals surface area contributed by atoms with Crippen molar-refractivity contribution in [2.45, 2.75) is 0 Å². The van der Waals surface area contributed by atoms with E-state index in [1.807, 2.05) is 0 Å². The van der Waals surface area contributed by atoms with Crippen LogP contribution >= 0.6 is 23.5 Å². The molecule has 0 atom stereocenters. The highest BCUT2D eigenvalue weighted by Crippen LogP contribution is 2.75. The minimum Gasteiger partial charge on any atom is -0.493 e. The third-order valence-electron chi connectivity index (χ3n) is 6.03. The Morgan fingerprint density at radius 3 is 0.932 bits per heavy atom. The first-order chi connectivity index (χ1) is 21.2. The Hall–Kier alpha value is -3.79. The molecule has 0 radical (unpaired) electrons. The highest BCUT2D eigenvalue weighted by atomic mass is 31.3. The quantitative estimate of drug-likeness (QED) is 0.0995. The Labute approximate surface area is 257 Å². The summed E-state index contributed by atoms with van der Waals surface area (Å²) in [5.74, 6) is 2.93. The fourth-order valence-corrected chi connectivity index (χ4v) is 13.7. The second-order valence-electron chi connectivity index (χ2n) is 9.09. The van der Waals surface area contributed by atoms with Crippen molar-refractivity contribution in [3.8, 4) is 46.0 Å². The molecule has 1 aliphatic heterocycles. The van der Waals surface area contributed by atoms with E-state index in [-0.39, 0.29) is 0 Å². The Balaban J connectivity index is 1.70. The SMILES string of the molecule is COc1ccccc1O[P+]1(Oc2ccccc2OC)NP(=N)(N)N[P+](Oc2ccccc2OC)(Oc2ccccc2OC)N1. The van der Waals surface area contributed by atoms with Crippen molar-refractivity contribution < 1.29 is 37.0 Å². The summed E-state index contributed by atoms with van der Waals surface area (Å²) in [6, 6.07) is 28.1. The van der Waals surface area contributed by atoms with E-state index >= 15 is 0 Å². The van der Waals surface area contributed by atoms with Gasteiger partial charge in [-0.3, -0.25) is 28.8 Å². The van der Waals surface area contributed by atoms with E-state index in [4.69, 9.17) is 42.5 Å². The average Bonchev–Trinajstić information content (AvgIpc) is 3.01. The molecule has 1 aliphatic rings. The van der Waals surface area contributed by atoms with E-state index in [1.54, 1.807) is 97.1 Å². The monoisotopic (exact) mass is 661 g/mol. The minimum absolute atomic E-state index is 0.313. The summed E-state index contributed by atoms with van der Waals surface area (Å²) in [5.41, 5.74) is 6.65. The van der Waals surface area contributed by atoms with Gasteiger partial charge in [-0.1, -0.05) is 48.5 Å². The predicted molar refractivity (Wildman–Crippen MR) is 172 cm³/mol. The number of hydrogen-bond acceptors (Lipinski definition) is 10. The summed E-state index contributed by atoms with van der Waals surface area (Å²) in [6.45, 7) is 0. The molecule has 6 N–H and O–H groups in total. The molecule has 0 amide bonds. The van der Waals surface area contributed by atoms with Gasteiger partial charge >= 0.3 is 16.0 Å². The molecule has 1 saturated heterocycles. The van der Waals surface area contributed by atoms with Gasteiger partial charge in [0.15, 0.2) is 23.0 Å². The molecule has 0 aromatic heterocycles. The van der Waals surface area contributed by atoms with E-state index < -0.39 is 23.5 Å². The molecule has 16 heteroatoms. The summed E-state index contributed by atoms with van der Waals surface area (Å²) in [5, 5.41) is 9.23. The molecule has 0 saturated carbocycles. The summed E-state index contributed by atoms with van der Waals surface area (Å²) in [4.78, 5) is 9.52. The normalized spacial score (nSPS) is 16.2. The molecular weight excluding hydrogens is 627 g/mol. The van der Waals surface area contributed by atoms with Crippen LogP contribution in [-0.2, 0) is 0 Å². The van der Waals surface area contributed by atoms with Crippen molar-refractivity contribution in [3.63, 3.8) is 0 Å². The highest BCUT2D eigenvalue weighted by Gasteiger charge is 2.73. The molecule has 0 unspecified atom stereocenters. The predicted octanol–water partition coefficient (Wildman–Crippen LogP) is 6.96. The number of hydrogen-bond donors (Lipinski definition) is 5. The molecule has 5 rings (SSSR count). The van der Waals surface area contributed by atoms with Crippen molar-refractivity contribution in [2.75, 3.05) is 28.4 Å². The van der Waals surface area contributed by atoms with E-state index in [0.29, 0.717) is 46.0 Å². The fraction of sp³-hybridized carbons (Fsp3) is 0.143. The van der Waals surface area contributed by atoms with Crippen molar-refractivity contribution in [1.82, 2.24) is 14.6 Å². The van der Waals surface area contributed by atoms with Gasteiger partial charge in [0, 0.05) is 0 Å². The lowest BCUT2D eigenvalue weighted by Crippen LogP contribution is -2.49. The Morgan fingerprint density at radius 2 is 0.705 bits per heavy atom. The summed E-state index contributed by atoms with van der Waals surface area (Å²) < 4.78 is 48.8. The molecule has 4 aromatic rings. The molecule has 0 aliphatic carbocycles. The molecule has 1 heterocycles. The zero-order chi connectivity index (χ0) is 31.2. The van der Waals surface area contributed by atoms with Crippen LogP contribution < -0.4 is 57.1 Å². The van der Waals surface area contributed by atoms with Crippen LogP contribution in [0.3, 0.4) is 0 Å². The van der Waals surface area contributed by atoms with Crippen LogP contribution in [-0.4, -0.2) is 28.4 Å². The van der Waals surface area contributed by atoms with Crippen LogP contribution in [0.5, 0.6) is 46.0 Å². The van der Waals surface area contributed by atoms with Gasteiger partial charge in [0.2, 0.25) is 30.5 Å². The highest BCUT2D eigenvalue weighted by molar-refractivity contribution is 7.92. The van der Waals surface area contributed by atoms with Crippen molar-refractivity contribution in [1.29, 1.82) is 5.16 Å². The first-order valence-corrected chi connectivity index (χ1v) is 18.2. The maximum atomic E-state index is 9.23. The van der Waals surface area contributed by atoms with Gasteiger partial charge in [0.25, 0.3) is 0 Å². The van der Waals surface area contributed by atoms with E-state index in [9.17, 15) is 5.16 Å². The van der Waals surface area contributed by atoms with Crippen LogP contribution in [0.25, 0.3) is 0 Å². The number of nitrogens with one attached hydrogen (secondary N) is 4. The Kier molecular flexibility index (Phi) is 9.68. The van der Waals surface area contributed by atoms with Crippen LogP contribution in [0.4, 0.5) is 0 Å². The average molecular weight is 662 g/mol. The summed E-state index contributed by atoms with van der Waals surface area (Å²) >= 11 is 0. The molecule has 4 aromatic carbocycles. The topological polar surface area (TPSA) is 160 Å². The van der Waals surface area contributed by atoms with E-state index in [1.165, 1.54) is 28.4 Å². The van der Waals surface area contributed by atoms with Crippen LogP contribution in [0.1, 0.15) is 0 Å². The number of ether oxygens (including phenoxy) is 4. The Morgan fingerprint density at radius 1 is 0.477 bits per heavy atom. The second kappa shape index (κ2) is 13.5. The molecule has 44 heavy (non-hydrogen) atoms. The second-order valence-corrected chi connectivity index (χ2v) is 15.9. The van der Waals surface area contributed by atoms with Gasteiger partial charge in [0.05, 0.1) is 28.4 Å². The van der Waals surface area contributed by atoms with E-state index in [0.717, 1.165) is 0 Å². The summed E-state index contributed by atoms with van der Waals surface area (Å²) in [7, 11) is -5.00. The minimum atomic E-state index is -3.75. The van der Waals surface area contributed by atoms with Crippen LogP contribution in [0.15, 0.2) is 97.1 Å². The first-order valence-electron chi connectivity index (χ1n) is 13.1. The lowest BCUT2D eigenvalue weighted by molar-refractivity contribution is 0.355. The molecule has 1 fully saturated rings. The third kappa shape index (κ3) is 7.12. The van der Waals surface area contributed by atoms with Crippen molar-refractivity contribution in [3.05, 3.63) is 97.1 Å². The standard InChI is InChI=1S/C28H34N5O8P3/c1-34-21-13-5-9-17-25(21)38-43(39-26-18-10-6-14-22(26)35-2)31-42(29,30)32-44(33-43,40-27-19-11-7-15-23(27)36-3)41-28-20-12-8-16-24(28)37-4/h5-20,33H,1-4H3,(H5,29,30,31,32)/q+2. The zero-order valence-corrected chi connectivity index (χ0v) is 27.1. The van der Waals surface area contributed by atoms with Gasteiger partial charge in [0.1, 0.15) is 4.86 Å². The third-order valence-corrected chi connectivity index (χ3v) is 14.6. The maximum absolute atomic E-state index is 9.23. The van der Waals surface area contributed by atoms with Crippen LogP contribution in [0.2, 0.25) is 0 Å². The molecule has 13 nitrogen and oxygen atoms in total. The fourth-order valence-electron chi connectivity index (χ4n) is 4.19. The van der Waals surface area contributed by atoms with Gasteiger partial charge in [-0.25, -0.2) is 0 Å². The molecule has 0 spiro atoms. The number of methoxy groups -OCH3 is 4. The van der Waals surface area contributed by atoms with Crippen molar-refractivity contribution >= 4 is 23.5 Å². The first kappa shape index (κ1) is 31.6. The van der Waals surface area contributed by atoms with Crippen molar-refractivity contribution in [2.24, 2.45) is 5.50 Å². The summed E-state index contributed by atoms with van der Waals surface area (Å²) in [6.07, 6.45) is 0. The van der Waals surface area contributed by atoms with Gasteiger partial charge < -0.3 is 18.9 Å². The Bertz CT molecular complexity index is 1430. The molecule has 0 bridgehead atoms.